The van der Waals surface area contributed by atoms with Gasteiger partial charge in [0, 0.05) is 30.3 Å². The molecule has 1 atom stereocenters. The van der Waals surface area contributed by atoms with E-state index in [-0.39, 0.29) is 41.2 Å². The fraction of sp³-hybridized carbons (Fsp3) is 0.409. The van der Waals surface area contributed by atoms with Crippen LogP contribution in [0, 0.1) is 5.82 Å². The number of amides is 1. The van der Waals surface area contributed by atoms with Gasteiger partial charge >= 0.3 is 5.97 Å². The third kappa shape index (κ3) is 2.71. The van der Waals surface area contributed by atoms with Crippen LogP contribution in [0.5, 0.6) is 0 Å². The number of fused-ring (bicyclic) bond motifs is 5. The first-order valence-electron chi connectivity index (χ1n) is 10.1. The summed E-state index contributed by atoms with van der Waals surface area (Å²) in [6.07, 6.45) is 8.87. The molecule has 0 unspecified atom stereocenters. The van der Waals surface area contributed by atoms with Gasteiger partial charge in [0.25, 0.3) is 0 Å². The number of halogens is 1. The zero-order valence-electron chi connectivity index (χ0n) is 16.1. The van der Waals surface area contributed by atoms with E-state index in [0.29, 0.717) is 30.3 Å². The first-order valence-corrected chi connectivity index (χ1v) is 10.1. The van der Waals surface area contributed by atoms with Crippen LogP contribution in [-0.2, 0) is 9.53 Å². The number of pyridine rings is 1. The summed E-state index contributed by atoms with van der Waals surface area (Å²) in [5.41, 5.74) is 0.740. The molecule has 0 bridgehead atoms. The van der Waals surface area contributed by atoms with Crippen LogP contribution in [0.1, 0.15) is 61.0 Å². The summed E-state index contributed by atoms with van der Waals surface area (Å²) in [7, 11) is 0. The highest BCUT2D eigenvalue weighted by molar-refractivity contribution is 6.05. The summed E-state index contributed by atoms with van der Waals surface area (Å²) in [4.78, 5) is 39.5. The predicted molar refractivity (Wildman–Crippen MR) is 107 cm³/mol. The normalized spacial score (nSPS) is 20.6. The van der Waals surface area contributed by atoms with Crippen LogP contribution in [0.4, 0.5) is 10.1 Å². The zero-order valence-corrected chi connectivity index (χ0v) is 16.1. The Labute approximate surface area is 166 Å². The van der Waals surface area contributed by atoms with E-state index in [9.17, 15) is 14.4 Å². The fourth-order valence-corrected chi connectivity index (χ4v) is 4.52. The molecular weight excluding hydrogens is 375 g/mol. The van der Waals surface area contributed by atoms with Gasteiger partial charge in [-0.15, -0.1) is 0 Å². The van der Waals surface area contributed by atoms with E-state index in [1.54, 1.807) is 18.0 Å². The number of rotatable bonds is 3. The fourth-order valence-electron chi connectivity index (χ4n) is 4.52. The maximum atomic E-state index is 15.3. The van der Waals surface area contributed by atoms with Gasteiger partial charge in [0.2, 0.25) is 11.3 Å². The highest BCUT2D eigenvalue weighted by Crippen LogP contribution is 2.43. The number of carbonyl (C=O) groups excluding carboxylic acids is 2. The molecule has 29 heavy (non-hydrogen) atoms. The topological polar surface area (TPSA) is 68.6 Å². The van der Waals surface area contributed by atoms with Crippen molar-refractivity contribution in [3.05, 3.63) is 45.5 Å². The van der Waals surface area contributed by atoms with Crippen molar-refractivity contribution in [2.24, 2.45) is 0 Å². The van der Waals surface area contributed by atoms with Crippen molar-refractivity contribution in [2.45, 2.75) is 51.1 Å². The zero-order chi connectivity index (χ0) is 20.3. The van der Waals surface area contributed by atoms with Crippen LogP contribution >= 0.6 is 0 Å². The van der Waals surface area contributed by atoms with Crippen LogP contribution in [-0.4, -0.2) is 29.1 Å². The molecular formula is C22H21FN2O4. The standard InChI is InChI=1S/C22H21FN2O4/c1-2-29-22(28)16-11-24(12-6-7-12)19-14-5-3-4-13-8-9-18(26)25(13)20(14)17(23)10-15(19)21(16)27/h3,5,10-13H,2,4,6-9H2,1H3/t13-/m1/s1. The van der Waals surface area contributed by atoms with Crippen LogP contribution in [0.2, 0.25) is 0 Å². The lowest BCUT2D eigenvalue weighted by Crippen LogP contribution is -2.33. The number of nitrogens with zero attached hydrogens (tertiary/aromatic N) is 2. The van der Waals surface area contributed by atoms with Crippen molar-refractivity contribution in [2.75, 3.05) is 11.5 Å². The van der Waals surface area contributed by atoms with Crippen LogP contribution in [0.3, 0.4) is 0 Å². The molecule has 0 radical (unpaired) electrons. The van der Waals surface area contributed by atoms with Crippen LogP contribution < -0.4 is 10.3 Å². The average molecular weight is 396 g/mol. The number of hydrogen-bond donors (Lipinski definition) is 0. The predicted octanol–water partition coefficient (Wildman–Crippen LogP) is 3.56. The van der Waals surface area contributed by atoms with Crippen molar-refractivity contribution < 1.29 is 18.7 Å². The Bertz CT molecular complexity index is 1150. The van der Waals surface area contributed by atoms with Gasteiger partial charge in [-0.3, -0.25) is 9.59 Å². The van der Waals surface area contributed by atoms with E-state index in [2.05, 4.69) is 0 Å². The number of benzene rings is 1. The van der Waals surface area contributed by atoms with E-state index in [1.165, 1.54) is 6.07 Å². The maximum absolute atomic E-state index is 15.3. The first kappa shape index (κ1) is 18.1. The second-order valence-electron chi connectivity index (χ2n) is 7.84. The Morgan fingerprint density at radius 2 is 2.03 bits per heavy atom. The van der Waals surface area contributed by atoms with Gasteiger partial charge < -0.3 is 14.2 Å². The second-order valence-corrected chi connectivity index (χ2v) is 7.84. The molecule has 0 spiro atoms. The summed E-state index contributed by atoms with van der Waals surface area (Å²) in [6.45, 7) is 1.83. The SMILES string of the molecule is CCOC(=O)c1cn(C2CC2)c2c3c(c(F)cc2c1=O)N1C(=O)CC[C@H]1CC=C3. The van der Waals surface area contributed by atoms with Gasteiger partial charge in [0.1, 0.15) is 11.4 Å². The van der Waals surface area contributed by atoms with Gasteiger partial charge in [0.05, 0.1) is 23.2 Å². The maximum Gasteiger partial charge on any atom is 0.343 e. The third-order valence-electron chi connectivity index (χ3n) is 5.97. The summed E-state index contributed by atoms with van der Waals surface area (Å²) in [5.74, 6) is -1.41. The number of anilines is 1. The van der Waals surface area contributed by atoms with E-state index in [4.69, 9.17) is 4.74 Å². The molecule has 3 heterocycles. The van der Waals surface area contributed by atoms with Crippen molar-refractivity contribution in [1.82, 2.24) is 4.57 Å². The molecule has 0 N–H and O–H groups in total. The van der Waals surface area contributed by atoms with Gasteiger partial charge in [-0.2, -0.15) is 0 Å². The van der Waals surface area contributed by atoms with Crippen molar-refractivity contribution in [3.63, 3.8) is 0 Å². The Balaban J connectivity index is 1.85. The summed E-state index contributed by atoms with van der Waals surface area (Å²) < 4.78 is 22.2. The minimum Gasteiger partial charge on any atom is -0.462 e. The van der Waals surface area contributed by atoms with E-state index in [1.807, 2.05) is 16.7 Å². The molecule has 7 heteroatoms. The van der Waals surface area contributed by atoms with Gasteiger partial charge in [-0.1, -0.05) is 12.2 Å². The highest BCUT2D eigenvalue weighted by Gasteiger charge is 2.37. The molecule has 1 saturated heterocycles. The summed E-state index contributed by atoms with van der Waals surface area (Å²) in [6, 6.07) is 1.26. The molecule has 1 aliphatic carbocycles. The summed E-state index contributed by atoms with van der Waals surface area (Å²) in [5, 5.41) is 0.147. The van der Waals surface area contributed by atoms with Crippen molar-refractivity contribution >= 4 is 34.5 Å². The average Bonchev–Trinajstić information content (AvgIpc) is 3.49. The molecule has 3 aliphatic rings. The lowest BCUT2D eigenvalue weighted by molar-refractivity contribution is -0.117. The third-order valence-corrected chi connectivity index (χ3v) is 5.97. The van der Waals surface area contributed by atoms with E-state index in [0.717, 1.165) is 12.8 Å². The monoisotopic (exact) mass is 396 g/mol. The molecule has 5 rings (SSSR count). The lowest BCUT2D eigenvalue weighted by atomic mass is 10.0. The Hall–Kier alpha value is -2.96. The van der Waals surface area contributed by atoms with Crippen LogP contribution in [0.15, 0.2) is 23.1 Å². The number of ether oxygens (including phenoxy) is 1. The first-order chi connectivity index (χ1) is 14.0. The molecule has 1 amide bonds. The number of aromatic nitrogens is 1. The Kier molecular flexibility index (Phi) is 4.08. The largest absolute Gasteiger partial charge is 0.462 e. The molecule has 2 aliphatic heterocycles. The molecule has 1 saturated carbocycles. The minimum absolute atomic E-state index is 0.0631. The number of esters is 1. The molecule has 2 aromatic rings. The van der Waals surface area contributed by atoms with Crippen LogP contribution in [0.25, 0.3) is 17.0 Å². The number of hydrogen-bond acceptors (Lipinski definition) is 4. The van der Waals surface area contributed by atoms with Crippen molar-refractivity contribution in [3.8, 4) is 0 Å². The van der Waals surface area contributed by atoms with Gasteiger partial charge in [0.15, 0.2) is 0 Å². The Morgan fingerprint density at radius 1 is 1.24 bits per heavy atom. The quantitative estimate of drug-likeness (QED) is 0.744. The minimum atomic E-state index is -0.700. The molecule has 6 nitrogen and oxygen atoms in total. The highest BCUT2D eigenvalue weighted by atomic mass is 19.1. The van der Waals surface area contributed by atoms with E-state index < -0.39 is 17.2 Å². The smallest absolute Gasteiger partial charge is 0.343 e. The Morgan fingerprint density at radius 3 is 2.76 bits per heavy atom. The van der Waals surface area contributed by atoms with Gasteiger partial charge in [-0.05, 0) is 38.7 Å². The molecule has 1 aromatic heterocycles. The molecule has 1 aromatic carbocycles. The molecule has 2 fully saturated rings. The second kappa shape index (κ2) is 6.54. The lowest BCUT2D eigenvalue weighted by Gasteiger charge is -2.26. The molecule has 150 valence electrons. The summed E-state index contributed by atoms with van der Waals surface area (Å²) >= 11 is 0. The van der Waals surface area contributed by atoms with E-state index >= 15 is 4.39 Å². The van der Waals surface area contributed by atoms with Crippen molar-refractivity contribution in [1.29, 1.82) is 0 Å². The van der Waals surface area contributed by atoms with Gasteiger partial charge in [-0.25, -0.2) is 9.18 Å². The number of carbonyl (C=O) groups is 2.